The van der Waals surface area contributed by atoms with Crippen molar-refractivity contribution in [1.29, 1.82) is 0 Å². The maximum Gasteiger partial charge on any atom is 0.325 e. The largest absolute Gasteiger partial charge is 0.325 e. The molecule has 142 valence electrons. The van der Waals surface area contributed by atoms with E-state index in [4.69, 9.17) is 0 Å². The maximum atomic E-state index is 12.3. The number of nitrogens with one attached hydrogen (secondary N) is 2. The lowest BCUT2D eigenvalue weighted by Crippen LogP contribution is -2.42. The third-order valence-electron chi connectivity index (χ3n) is 5.15. The molecule has 5 heteroatoms. The number of benzene rings is 2. The van der Waals surface area contributed by atoms with Crippen LogP contribution in [0.1, 0.15) is 41.1 Å². The highest BCUT2D eigenvalue weighted by molar-refractivity contribution is 6.02. The summed E-state index contributed by atoms with van der Waals surface area (Å²) in [4.78, 5) is 26.5. The maximum absolute atomic E-state index is 12.3. The van der Waals surface area contributed by atoms with Crippen LogP contribution in [0.15, 0.2) is 42.5 Å². The van der Waals surface area contributed by atoms with Crippen molar-refractivity contribution in [1.82, 2.24) is 10.2 Å². The summed E-state index contributed by atoms with van der Waals surface area (Å²) in [5.41, 5.74) is 5.45. The third-order valence-corrected chi connectivity index (χ3v) is 5.15. The molecule has 0 aliphatic heterocycles. The molecule has 0 spiro atoms. The standard InChI is InChI=1S/C22H27N3O2/c1-15-11-12-19(16(2)13-15)23-22(27)24-21(26)14-25(3)20-10-6-8-17-7-4-5-9-18(17)20/h4-5,7,9,11-13,20H,6,8,10,14H2,1-3H3,(H2,23,24,26,27). The number of carbonyl (C=O) groups excluding carboxylic acids is 2. The Hall–Kier alpha value is -2.66. The lowest BCUT2D eigenvalue weighted by Gasteiger charge is -2.32. The van der Waals surface area contributed by atoms with Crippen molar-refractivity contribution in [3.63, 3.8) is 0 Å². The van der Waals surface area contributed by atoms with E-state index in [2.05, 4.69) is 28.8 Å². The van der Waals surface area contributed by atoms with Crippen LogP contribution < -0.4 is 10.6 Å². The van der Waals surface area contributed by atoms with E-state index in [0.717, 1.165) is 30.4 Å². The molecule has 0 fully saturated rings. The second-order valence-electron chi connectivity index (χ2n) is 7.34. The van der Waals surface area contributed by atoms with E-state index < -0.39 is 6.03 Å². The van der Waals surface area contributed by atoms with Crippen LogP contribution in [0.4, 0.5) is 10.5 Å². The molecule has 2 aromatic carbocycles. The average molecular weight is 365 g/mol. The van der Waals surface area contributed by atoms with E-state index in [1.807, 2.05) is 50.1 Å². The van der Waals surface area contributed by atoms with Gasteiger partial charge in [0.05, 0.1) is 6.54 Å². The van der Waals surface area contributed by atoms with Crippen molar-refractivity contribution in [3.8, 4) is 0 Å². The van der Waals surface area contributed by atoms with Gasteiger partial charge in [-0.05, 0) is 62.9 Å². The number of likely N-dealkylation sites (N-methyl/N-ethyl adjacent to an activating group) is 1. The van der Waals surface area contributed by atoms with E-state index >= 15 is 0 Å². The minimum absolute atomic E-state index is 0.180. The van der Waals surface area contributed by atoms with Crippen molar-refractivity contribution in [2.75, 3.05) is 18.9 Å². The summed E-state index contributed by atoms with van der Waals surface area (Å²) in [6, 6.07) is 13.9. The van der Waals surface area contributed by atoms with Gasteiger partial charge < -0.3 is 5.32 Å². The van der Waals surface area contributed by atoms with Crippen LogP contribution in [0.2, 0.25) is 0 Å². The summed E-state index contributed by atoms with van der Waals surface area (Å²) in [6.07, 6.45) is 3.22. The Kier molecular flexibility index (Phi) is 5.91. The van der Waals surface area contributed by atoms with Gasteiger partial charge in [-0.3, -0.25) is 15.0 Å². The molecular formula is C22H27N3O2. The van der Waals surface area contributed by atoms with Crippen molar-refractivity contribution in [2.24, 2.45) is 0 Å². The first-order valence-corrected chi connectivity index (χ1v) is 9.40. The average Bonchev–Trinajstić information content (AvgIpc) is 2.63. The molecule has 0 aromatic heterocycles. The van der Waals surface area contributed by atoms with Crippen LogP contribution in [0.25, 0.3) is 0 Å². The highest BCUT2D eigenvalue weighted by Gasteiger charge is 2.25. The summed E-state index contributed by atoms with van der Waals surface area (Å²) in [7, 11) is 1.94. The van der Waals surface area contributed by atoms with Gasteiger partial charge in [-0.2, -0.15) is 0 Å². The molecule has 1 aliphatic rings. The summed E-state index contributed by atoms with van der Waals surface area (Å²) in [6.45, 7) is 4.11. The van der Waals surface area contributed by atoms with Gasteiger partial charge in [0.1, 0.15) is 0 Å². The first-order valence-electron chi connectivity index (χ1n) is 9.40. The van der Waals surface area contributed by atoms with Crippen molar-refractivity contribution in [2.45, 2.75) is 39.2 Å². The van der Waals surface area contributed by atoms with E-state index in [0.29, 0.717) is 5.69 Å². The monoisotopic (exact) mass is 365 g/mol. The molecule has 1 atom stereocenters. The summed E-state index contributed by atoms with van der Waals surface area (Å²) in [5.74, 6) is -0.303. The van der Waals surface area contributed by atoms with Gasteiger partial charge in [0.2, 0.25) is 5.91 Å². The molecule has 3 amide bonds. The minimum atomic E-state index is -0.496. The molecular weight excluding hydrogens is 338 g/mol. The van der Waals surface area contributed by atoms with Crippen molar-refractivity contribution in [3.05, 3.63) is 64.7 Å². The lowest BCUT2D eigenvalue weighted by molar-refractivity contribution is -0.121. The quantitative estimate of drug-likeness (QED) is 0.862. The predicted molar refractivity (Wildman–Crippen MR) is 108 cm³/mol. The van der Waals surface area contributed by atoms with Crippen LogP contribution in [0.5, 0.6) is 0 Å². The predicted octanol–water partition coefficient (Wildman–Crippen LogP) is 3.96. The molecule has 2 N–H and O–H groups in total. The Morgan fingerprint density at radius 1 is 1.15 bits per heavy atom. The van der Waals surface area contributed by atoms with E-state index in [1.54, 1.807) is 0 Å². The van der Waals surface area contributed by atoms with Crippen molar-refractivity contribution < 1.29 is 9.59 Å². The van der Waals surface area contributed by atoms with Gasteiger partial charge in [0.25, 0.3) is 0 Å². The Morgan fingerprint density at radius 2 is 1.93 bits per heavy atom. The second kappa shape index (κ2) is 8.35. The SMILES string of the molecule is Cc1ccc(NC(=O)NC(=O)CN(C)C2CCCc3ccccc32)c(C)c1. The van der Waals surface area contributed by atoms with Crippen LogP contribution in [-0.4, -0.2) is 30.4 Å². The molecule has 3 rings (SSSR count). The molecule has 0 heterocycles. The number of rotatable bonds is 4. The van der Waals surface area contributed by atoms with Gasteiger partial charge in [-0.25, -0.2) is 4.79 Å². The highest BCUT2D eigenvalue weighted by atomic mass is 16.2. The molecule has 0 saturated carbocycles. The summed E-state index contributed by atoms with van der Waals surface area (Å²) < 4.78 is 0. The fourth-order valence-corrected chi connectivity index (χ4v) is 3.80. The molecule has 0 radical (unpaired) electrons. The Bertz CT molecular complexity index is 847. The van der Waals surface area contributed by atoms with Crippen LogP contribution in [0.3, 0.4) is 0 Å². The number of nitrogens with zero attached hydrogens (tertiary/aromatic N) is 1. The Labute approximate surface area is 160 Å². The molecule has 1 aliphatic carbocycles. The van der Waals surface area contributed by atoms with Crippen LogP contribution >= 0.6 is 0 Å². The first-order chi connectivity index (χ1) is 12.9. The van der Waals surface area contributed by atoms with Gasteiger partial charge >= 0.3 is 6.03 Å². The first kappa shape index (κ1) is 19.1. The highest BCUT2D eigenvalue weighted by Crippen LogP contribution is 2.33. The Morgan fingerprint density at radius 3 is 2.70 bits per heavy atom. The fourth-order valence-electron chi connectivity index (χ4n) is 3.80. The zero-order valence-corrected chi connectivity index (χ0v) is 16.2. The lowest BCUT2D eigenvalue weighted by atomic mass is 9.87. The number of hydrogen-bond donors (Lipinski definition) is 2. The molecule has 27 heavy (non-hydrogen) atoms. The molecule has 5 nitrogen and oxygen atoms in total. The number of anilines is 1. The number of aryl methyl sites for hydroxylation is 3. The van der Waals surface area contributed by atoms with Gasteiger partial charge in [-0.15, -0.1) is 0 Å². The van der Waals surface area contributed by atoms with E-state index in [9.17, 15) is 9.59 Å². The molecule has 0 saturated heterocycles. The number of amides is 3. The zero-order chi connectivity index (χ0) is 19.4. The van der Waals surface area contributed by atoms with Gasteiger partial charge in [0.15, 0.2) is 0 Å². The molecule has 0 bridgehead atoms. The number of fused-ring (bicyclic) bond motifs is 1. The summed E-state index contributed by atoms with van der Waals surface area (Å²) >= 11 is 0. The Balaban J connectivity index is 1.57. The molecule has 1 unspecified atom stereocenters. The summed E-state index contributed by atoms with van der Waals surface area (Å²) in [5, 5.41) is 5.18. The molecule has 2 aromatic rings. The number of urea groups is 1. The number of imide groups is 1. The minimum Gasteiger partial charge on any atom is -0.307 e. The van der Waals surface area contributed by atoms with E-state index in [1.165, 1.54) is 11.1 Å². The third kappa shape index (κ3) is 4.74. The van der Waals surface area contributed by atoms with Gasteiger partial charge in [-0.1, -0.05) is 42.0 Å². The smallest absolute Gasteiger partial charge is 0.307 e. The number of hydrogen-bond acceptors (Lipinski definition) is 3. The van der Waals surface area contributed by atoms with E-state index in [-0.39, 0.29) is 18.5 Å². The fraction of sp³-hybridized carbons (Fsp3) is 0.364. The zero-order valence-electron chi connectivity index (χ0n) is 16.2. The topological polar surface area (TPSA) is 61.4 Å². The van der Waals surface area contributed by atoms with Crippen LogP contribution in [-0.2, 0) is 11.2 Å². The van der Waals surface area contributed by atoms with Crippen molar-refractivity contribution >= 4 is 17.6 Å². The van der Waals surface area contributed by atoms with Crippen LogP contribution in [0, 0.1) is 13.8 Å². The second-order valence-corrected chi connectivity index (χ2v) is 7.34. The normalized spacial score (nSPS) is 15.9. The number of carbonyl (C=O) groups is 2. The van der Waals surface area contributed by atoms with Gasteiger partial charge in [0, 0.05) is 11.7 Å².